The van der Waals surface area contributed by atoms with Gasteiger partial charge in [-0.15, -0.1) is 0 Å². The maximum atomic E-state index is 9.07. The van der Waals surface area contributed by atoms with Crippen molar-refractivity contribution >= 4 is 5.95 Å². The smallest absolute Gasteiger partial charge is 0.225 e. The molecule has 0 aliphatic rings. The van der Waals surface area contributed by atoms with Gasteiger partial charge in [0.15, 0.2) is 0 Å². The molecule has 84 valence electrons. The Morgan fingerprint density at radius 2 is 2.27 bits per heavy atom. The summed E-state index contributed by atoms with van der Waals surface area (Å²) in [5, 5.41) is 12.2. The number of anilines is 1. The van der Waals surface area contributed by atoms with Crippen LogP contribution in [0.3, 0.4) is 0 Å². The molecule has 0 aliphatic carbocycles. The highest BCUT2D eigenvalue weighted by molar-refractivity contribution is 5.26. The number of aliphatic hydroxyl groups is 1. The third-order valence-electron chi connectivity index (χ3n) is 1.85. The number of aromatic nitrogens is 2. The molecule has 0 saturated heterocycles. The van der Waals surface area contributed by atoms with E-state index in [0.29, 0.717) is 19.0 Å². The Bertz CT molecular complexity index is 301. The van der Waals surface area contributed by atoms with Crippen LogP contribution in [0, 0.1) is 0 Å². The summed E-state index contributed by atoms with van der Waals surface area (Å²) in [5.41, 5.74) is 0.925. The average Bonchev–Trinajstić information content (AvgIpc) is 2.17. The molecule has 1 heterocycles. The second kappa shape index (κ2) is 5.63. The zero-order chi connectivity index (χ0) is 11.3. The van der Waals surface area contributed by atoms with Gasteiger partial charge in [-0.3, -0.25) is 0 Å². The van der Waals surface area contributed by atoms with Crippen LogP contribution in [0.5, 0.6) is 0 Å². The molecule has 15 heavy (non-hydrogen) atoms. The average molecular weight is 210 g/mol. The molecule has 0 aliphatic heterocycles. The van der Waals surface area contributed by atoms with E-state index in [1.807, 2.05) is 25.1 Å². The first kappa shape index (κ1) is 11.9. The monoisotopic (exact) mass is 210 g/mol. The van der Waals surface area contributed by atoms with Gasteiger partial charge in [0.05, 0.1) is 11.8 Å². The highest BCUT2D eigenvalue weighted by Gasteiger charge is 2.01. The molecule has 1 rings (SSSR count). The van der Waals surface area contributed by atoms with Gasteiger partial charge in [-0.1, -0.05) is 0 Å². The summed E-state index contributed by atoms with van der Waals surface area (Å²) < 4.78 is 0. The molecule has 2 N–H and O–H groups in total. The van der Waals surface area contributed by atoms with E-state index in [2.05, 4.69) is 15.3 Å². The Labute approximate surface area is 90.2 Å². The van der Waals surface area contributed by atoms with Gasteiger partial charge in [0.1, 0.15) is 0 Å². The highest BCUT2D eigenvalue weighted by Crippen LogP contribution is 2.02. The first-order valence-electron chi connectivity index (χ1n) is 4.97. The standard InChI is InChI=1S/C10H18N4O/c1-8(15)6-11-7-9-4-5-12-10(13-9)14(2)3/h4-5,8,11,15H,6-7H2,1-3H3. The lowest BCUT2D eigenvalue weighted by molar-refractivity contribution is 0.191. The maximum Gasteiger partial charge on any atom is 0.225 e. The number of hydrogen-bond acceptors (Lipinski definition) is 5. The minimum atomic E-state index is -0.333. The Morgan fingerprint density at radius 3 is 2.87 bits per heavy atom. The molecule has 0 radical (unpaired) electrons. The molecule has 0 amide bonds. The molecule has 1 aromatic rings. The fourth-order valence-corrected chi connectivity index (χ4v) is 1.11. The molecule has 0 aromatic carbocycles. The maximum absolute atomic E-state index is 9.07. The van der Waals surface area contributed by atoms with Crippen LogP contribution < -0.4 is 10.2 Å². The molecule has 0 bridgehead atoms. The number of rotatable bonds is 5. The Kier molecular flexibility index (Phi) is 4.45. The van der Waals surface area contributed by atoms with Gasteiger partial charge >= 0.3 is 0 Å². The normalized spacial score (nSPS) is 12.5. The molecule has 1 aromatic heterocycles. The molecule has 0 spiro atoms. The molecule has 1 atom stereocenters. The minimum absolute atomic E-state index is 0.333. The summed E-state index contributed by atoms with van der Waals surface area (Å²) in [5.74, 6) is 0.700. The first-order chi connectivity index (χ1) is 7.09. The second-order valence-corrected chi connectivity index (χ2v) is 3.72. The molecule has 5 heteroatoms. The van der Waals surface area contributed by atoms with Gasteiger partial charge in [0.2, 0.25) is 5.95 Å². The van der Waals surface area contributed by atoms with Crippen molar-refractivity contribution in [2.45, 2.75) is 19.6 Å². The summed E-state index contributed by atoms with van der Waals surface area (Å²) in [7, 11) is 3.81. The summed E-state index contributed by atoms with van der Waals surface area (Å²) in [6.45, 7) is 2.97. The van der Waals surface area contributed by atoms with Crippen LogP contribution in [0.25, 0.3) is 0 Å². The topological polar surface area (TPSA) is 61.3 Å². The molecule has 1 unspecified atom stereocenters. The van der Waals surface area contributed by atoms with Gasteiger partial charge in [-0.25, -0.2) is 9.97 Å². The minimum Gasteiger partial charge on any atom is -0.392 e. The van der Waals surface area contributed by atoms with E-state index >= 15 is 0 Å². The Morgan fingerprint density at radius 1 is 1.53 bits per heavy atom. The SMILES string of the molecule is CC(O)CNCc1ccnc(N(C)C)n1. The lowest BCUT2D eigenvalue weighted by atomic mass is 10.3. The van der Waals surface area contributed by atoms with Crippen LogP contribution in [0.2, 0.25) is 0 Å². The van der Waals surface area contributed by atoms with Crippen LogP contribution >= 0.6 is 0 Å². The van der Waals surface area contributed by atoms with Crippen molar-refractivity contribution in [1.29, 1.82) is 0 Å². The Balaban J connectivity index is 2.50. The summed E-state index contributed by atoms with van der Waals surface area (Å²) in [6, 6.07) is 1.86. The van der Waals surface area contributed by atoms with Gasteiger partial charge in [-0.05, 0) is 13.0 Å². The van der Waals surface area contributed by atoms with Gasteiger partial charge in [-0.2, -0.15) is 0 Å². The highest BCUT2D eigenvalue weighted by atomic mass is 16.3. The molecule has 5 nitrogen and oxygen atoms in total. The third-order valence-corrected chi connectivity index (χ3v) is 1.85. The first-order valence-corrected chi connectivity index (χ1v) is 4.97. The second-order valence-electron chi connectivity index (χ2n) is 3.72. The van der Waals surface area contributed by atoms with Gasteiger partial charge < -0.3 is 15.3 Å². The summed E-state index contributed by atoms with van der Waals surface area (Å²) >= 11 is 0. The van der Waals surface area contributed by atoms with E-state index in [0.717, 1.165) is 5.69 Å². The number of aliphatic hydroxyl groups excluding tert-OH is 1. The summed E-state index contributed by atoms with van der Waals surface area (Å²) in [4.78, 5) is 10.3. The fourth-order valence-electron chi connectivity index (χ4n) is 1.11. The lowest BCUT2D eigenvalue weighted by Gasteiger charge is -2.11. The largest absolute Gasteiger partial charge is 0.392 e. The van der Waals surface area contributed by atoms with Crippen LogP contribution in [-0.2, 0) is 6.54 Å². The van der Waals surface area contributed by atoms with Crippen molar-refractivity contribution < 1.29 is 5.11 Å². The van der Waals surface area contributed by atoms with Crippen molar-refractivity contribution in [2.24, 2.45) is 0 Å². The van der Waals surface area contributed by atoms with Crippen LogP contribution in [0.4, 0.5) is 5.95 Å². The molecular formula is C10H18N4O. The molecular weight excluding hydrogens is 192 g/mol. The van der Waals surface area contributed by atoms with E-state index in [9.17, 15) is 0 Å². The molecule has 0 fully saturated rings. The van der Waals surface area contributed by atoms with E-state index in [1.54, 1.807) is 13.1 Å². The number of nitrogens with zero attached hydrogens (tertiary/aromatic N) is 3. The van der Waals surface area contributed by atoms with E-state index in [4.69, 9.17) is 5.11 Å². The lowest BCUT2D eigenvalue weighted by Crippen LogP contribution is -2.24. The van der Waals surface area contributed by atoms with Crippen molar-refractivity contribution in [3.63, 3.8) is 0 Å². The predicted octanol–water partition coefficient (Wildman–Crippen LogP) is 0.0130. The summed E-state index contributed by atoms with van der Waals surface area (Å²) in [6.07, 6.45) is 1.40. The number of hydrogen-bond donors (Lipinski definition) is 2. The molecule has 0 saturated carbocycles. The zero-order valence-electron chi connectivity index (χ0n) is 9.44. The van der Waals surface area contributed by atoms with Crippen molar-refractivity contribution in [1.82, 2.24) is 15.3 Å². The van der Waals surface area contributed by atoms with Gasteiger partial charge in [0.25, 0.3) is 0 Å². The van der Waals surface area contributed by atoms with Crippen LogP contribution in [0.15, 0.2) is 12.3 Å². The van der Waals surface area contributed by atoms with Crippen LogP contribution in [-0.4, -0.2) is 41.8 Å². The van der Waals surface area contributed by atoms with E-state index < -0.39 is 0 Å². The zero-order valence-corrected chi connectivity index (χ0v) is 9.44. The van der Waals surface area contributed by atoms with Crippen molar-refractivity contribution in [2.75, 3.05) is 25.5 Å². The fraction of sp³-hybridized carbons (Fsp3) is 0.600. The van der Waals surface area contributed by atoms with Crippen molar-refractivity contribution in [3.8, 4) is 0 Å². The quantitative estimate of drug-likeness (QED) is 0.717. The number of nitrogens with one attached hydrogen (secondary N) is 1. The van der Waals surface area contributed by atoms with E-state index in [1.165, 1.54) is 0 Å². The predicted molar refractivity (Wildman–Crippen MR) is 59.7 cm³/mol. The van der Waals surface area contributed by atoms with E-state index in [-0.39, 0.29) is 6.10 Å². The van der Waals surface area contributed by atoms with Crippen molar-refractivity contribution in [3.05, 3.63) is 18.0 Å². The van der Waals surface area contributed by atoms with Gasteiger partial charge in [0, 0.05) is 33.4 Å². The third kappa shape index (κ3) is 4.22. The Hall–Kier alpha value is -1.20. The van der Waals surface area contributed by atoms with Crippen LogP contribution in [0.1, 0.15) is 12.6 Å².